The predicted octanol–water partition coefficient (Wildman–Crippen LogP) is 2.05. The third-order valence-electron chi connectivity index (χ3n) is 3.98. The molecular weight excluding hydrogens is 301 g/mol. The molecule has 2 aromatic rings. The van der Waals surface area contributed by atoms with E-state index in [-0.39, 0.29) is 17.5 Å². The summed E-state index contributed by atoms with van der Waals surface area (Å²) in [5.41, 5.74) is 1.19. The van der Waals surface area contributed by atoms with Gasteiger partial charge in [0, 0.05) is 18.8 Å². The van der Waals surface area contributed by atoms with E-state index in [2.05, 4.69) is 15.4 Å². The van der Waals surface area contributed by atoms with Gasteiger partial charge in [0.1, 0.15) is 17.9 Å². The van der Waals surface area contributed by atoms with Gasteiger partial charge in [0.2, 0.25) is 5.95 Å². The molecule has 23 heavy (non-hydrogen) atoms. The Morgan fingerprint density at radius 3 is 2.87 bits per heavy atom. The number of allylic oxidation sites excluding steroid dienone is 1. The summed E-state index contributed by atoms with van der Waals surface area (Å²) in [7, 11) is 1.79. The van der Waals surface area contributed by atoms with Crippen molar-refractivity contribution >= 4 is 17.5 Å². The van der Waals surface area contributed by atoms with Gasteiger partial charge < -0.3 is 15.3 Å². The van der Waals surface area contributed by atoms with Gasteiger partial charge in [0.15, 0.2) is 0 Å². The molecule has 2 heterocycles. The highest BCUT2D eigenvalue weighted by atomic mass is 19.1. The van der Waals surface area contributed by atoms with Crippen LogP contribution in [0.3, 0.4) is 0 Å². The largest absolute Gasteiger partial charge is 0.508 e. The number of carbonyl (C=O) groups excluding carboxylic acids is 1. The maximum Gasteiger partial charge on any atom is 0.255 e. The summed E-state index contributed by atoms with van der Waals surface area (Å²) in [6.45, 7) is 3.63. The molecule has 2 N–H and O–H groups in total. The molecule has 0 spiro atoms. The molecule has 0 saturated carbocycles. The molecule has 1 atom stereocenters. The Morgan fingerprint density at radius 1 is 1.43 bits per heavy atom. The van der Waals surface area contributed by atoms with Crippen LogP contribution < -0.4 is 10.2 Å². The number of hydrogen-bond donors (Lipinski definition) is 2. The van der Waals surface area contributed by atoms with Crippen LogP contribution >= 0.6 is 0 Å². The zero-order valence-corrected chi connectivity index (χ0v) is 12.9. The van der Waals surface area contributed by atoms with Gasteiger partial charge in [-0.15, -0.1) is 0 Å². The van der Waals surface area contributed by atoms with Crippen molar-refractivity contribution in [3.05, 3.63) is 41.6 Å². The van der Waals surface area contributed by atoms with Crippen molar-refractivity contribution in [2.75, 3.05) is 17.3 Å². The van der Waals surface area contributed by atoms with E-state index in [4.69, 9.17) is 0 Å². The molecule has 0 unspecified atom stereocenters. The van der Waals surface area contributed by atoms with Gasteiger partial charge in [-0.1, -0.05) is 0 Å². The highest BCUT2D eigenvalue weighted by Gasteiger charge is 2.32. The minimum absolute atomic E-state index is 0.00680. The van der Waals surface area contributed by atoms with Gasteiger partial charge >= 0.3 is 0 Å². The van der Waals surface area contributed by atoms with Crippen LogP contribution in [0, 0.1) is 5.82 Å². The summed E-state index contributed by atoms with van der Waals surface area (Å²) in [4.78, 5) is 18.5. The van der Waals surface area contributed by atoms with Crippen LogP contribution in [-0.4, -0.2) is 32.8 Å². The fourth-order valence-electron chi connectivity index (χ4n) is 2.66. The molecule has 0 fully saturated rings. The molecule has 0 radical (unpaired) electrons. The predicted molar refractivity (Wildman–Crippen MR) is 82.5 cm³/mol. The zero-order chi connectivity index (χ0) is 16.7. The lowest BCUT2D eigenvalue weighted by Gasteiger charge is -2.31. The number of carbonyl (C=O) groups is 1. The lowest BCUT2D eigenvalue weighted by atomic mass is 10.0. The third-order valence-corrected chi connectivity index (χ3v) is 3.98. The van der Waals surface area contributed by atoms with Crippen molar-refractivity contribution in [3.8, 4) is 5.75 Å². The number of rotatable bonds is 2. The van der Waals surface area contributed by atoms with E-state index in [0.717, 1.165) is 11.8 Å². The van der Waals surface area contributed by atoms with Crippen molar-refractivity contribution < 1.29 is 14.3 Å². The number of nitrogens with zero attached hydrogens (tertiary/aromatic N) is 4. The monoisotopic (exact) mass is 317 g/mol. The number of phenols is 1. The van der Waals surface area contributed by atoms with Crippen LogP contribution in [-0.2, 0) is 4.79 Å². The Morgan fingerprint density at radius 2 is 2.17 bits per heavy atom. The summed E-state index contributed by atoms with van der Waals surface area (Å²) in [5.74, 6) is -0.682. The molecule has 1 aromatic carbocycles. The number of halogens is 1. The summed E-state index contributed by atoms with van der Waals surface area (Å²) in [5, 5.41) is 15.9. The van der Waals surface area contributed by atoms with Crippen molar-refractivity contribution in [2.24, 2.45) is 0 Å². The second-order valence-corrected chi connectivity index (χ2v) is 5.36. The molecule has 0 aliphatic carbocycles. The molecular formula is C15H16FN5O2. The minimum atomic E-state index is -0.699. The maximum atomic E-state index is 13.8. The molecule has 3 rings (SSSR count). The summed E-state index contributed by atoms with van der Waals surface area (Å²) in [6, 6.07) is 3.24. The van der Waals surface area contributed by atoms with Gasteiger partial charge in [0.05, 0.1) is 17.3 Å². The first-order valence-electron chi connectivity index (χ1n) is 7.04. The van der Waals surface area contributed by atoms with E-state index in [1.807, 2.05) is 6.92 Å². The molecule has 0 saturated heterocycles. The first-order chi connectivity index (χ1) is 10.9. The first kappa shape index (κ1) is 15.0. The normalized spacial score (nSPS) is 17.2. The molecule has 0 bridgehead atoms. The Hall–Kier alpha value is -2.90. The van der Waals surface area contributed by atoms with E-state index in [1.165, 1.54) is 18.5 Å². The highest BCUT2D eigenvalue weighted by Crippen LogP contribution is 2.33. The molecule has 120 valence electrons. The molecule has 7 nitrogen and oxygen atoms in total. The Kier molecular flexibility index (Phi) is 3.51. The van der Waals surface area contributed by atoms with Crippen LogP contribution in [0.25, 0.3) is 0 Å². The quantitative estimate of drug-likeness (QED) is 0.828. The van der Waals surface area contributed by atoms with Crippen LogP contribution in [0.15, 0.2) is 35.8 Å². The van der Waals surface area contributed by atoms with Crippen LogP contribution in [0.1, 0.15) is 19.9 Å². The number of benzene rings is 1. The third kappa shape index (κ3) is 2.41. The fourth-order valence-corrected chi connectivity index (χ4v) is 2.66. The number of nitrogens with one attached hydrogen (secondary N) is 1. The number of amides is 1. The number of phenolic OH excluding ortho intramolecular Hbond substituents is 1. The summed E-state index contributed by atoms with van der Waals surface area (Å²) >= 11 is 0. The lowest BCUT2D eigenvalue weighted by Crippen LogP contribution is -2.34. The number of aromatic nitrogens is 3. The van der Waals surface area contributed by atoms with E-state index < -0.39 is 11.7 Å². The number of anilines is 2. The smallest absolute Gasteiger partial charge is 0.255 e. The molecule has 1 aliphatic rings. The summed E-state index contributed by atoms with van der Waals surface area (Å²) < 4.78 is 15.4. The molecule has 8 heteroatoms. The first-order valence-corrected chi connectivity index (χ1v) is 7.04. The summed E-state index contributed by atoms with van der Waals surface area (Å²) in [6.07, 6.45) is 1.43. The van der Waals surface area contributed by atoms with Gasteiger partial charge in [-0.2, -0.15) is 10.1 Å². The van der Waals surface area contributed by atoms with E-state index >= 15 is 0 Å². The van der Waals surface area contributed by atoms with Gasteiger partial charge in [-0.3, -0.25) is 4.79 Å². The average Bonchev–Trinajstić information content (AvgIpc) is 2.98. The standard InChI is InChI=1S/C15H16FN5O2/c1-8-13(9(2)21-15(20(8)3)17-7-18-21)14(23)19-12-5-4-10(22)6-11(12)16/h4-7,9,22H,1-3H3,(H,19,23)/t9-/m1/s1. The molecule has 1 aromatic heterocycles. The average molecular weight is 317 g/mol. The van der Waals surface area contributed by atoms with Crippen molar-refractivity contribution in [2.45, 2.75) is 19.9 Å². The van der Waals surface area contributed by atoms with Crippen molar-refractivity contribution in [1.82, 2.24) is 14.8 Å². The minimum Gasteiger partial charge on any atom is -0.508 e. The van der Waals surface area contributed by atoms with Gasteiger partial charge in [-0.25, -0.2) is 9.07 Å². The lowest BCUT2D eigenvalue weighted by molar-refractivity contribution is -0.113. The topological polar surface area (TPSA) is 83.3 Å². The van der Waals surface area contributed by atoms with Gasteiger partial charge in [0.25, 0.3) is 5.91 Å². The number of aromatic hydroxyl groups is 1. The Bertz CT molecular complexity index is 814. The Balaban J connectivity index is 1.94. The number of hydrogen-bond acceptors (Lipinski definition) is 5. The number of fused-ring (bicyclic) bond motifs is 1. The van der Waals surface area contributed by atoms with Crippen LogP contribution in [0.2, 0.25) is 0 Å². The van der Waals surface area contributed by atoms with E-state index in [9.17, 15) is 14.3 Å². The fraction of sp³-hybridized carbons (Fsp3) is 0.267. The second kappa shape index (κ2) is 5.38. The van der Waals surface area contributed by atoms with Gasteiger partial charge in [-0.05, 0) is 26.0 Å². The molecule has 1 aliphatic heterocycles. The van der Waals surface area contributed by atoms with Crippen LogP contribution in [0.5, 0.6) is 5.75 Å². The maximum absolute atomic E-state index is 13.8. The zero-order valence-electron chi connectivity index (χ0n) is 12.9. The van der Waals surface area contributed by atoms with Crippen LogP contribution in [0.4, 0.5) is 16.0 Å². The van der Waals surface area contributed by atoms with E-state index in [0.29, 0.717) is 11.5 Å². The molecule has 1 amide bonds. The van der Waals surface area contributed by atoms with Crippen molar-refractivity contribution in [3.63, 3.8) is 0 Å². The van der Waals surface area contributed by atoms with E-state index in [1.54, 1.807) is 23.6 Å². The van der Waals surface area contributed by atoms with Crippen molar-refractivity contribution in [1.29, 1.82) is 0 Å². The second-order valence-electron chi connectivity index (χ2n) is 5.36. The highest BCUT2D eigenvalue weighted by molar-refractivity contribution is 6.05. The SMILES string of the molecule is CC1=C(C(=O)Nc2ccc(O)cc2F)[C@@H](C)n2ncnc2N1C. The Labute approximate surface area is 132 Å².